The zero-order chi connectivity index (χ0) is 14.2. The average molecular weight is 269 g/mol. The second-order valence-corrected chi connectivity index (χ2v) is 5.65. The lowest BCUT2D eigenvalue weighted by Gasteiger charge is -2.17. The van der Waals surface area contributed by atoms with Crippen LogP contribution in [-0.4, -0.2) is 7.05 Å². The fraction of sp³-hybridized carbons (Fsp3) is 0.474. The molecule has 2 aromatic carbocycles. The van der Waals surface area contributed by atoms with Gasteiger partial charge in [-0.1, -0.05) is 75.4 Å². The Kier molecular flexibility index (Phi) is 6.07. The maximum Gasteiger partial charge on any atom is 0.0317 e. The third-order valence-electron chi connectivity index (χ3n) is 4.12. The summed E-state index contributed by atoms with van der Waals surface area (Å²) < 4.78 is 0. The van der Waals surface area contributed by atoms with Crippen molar-refractivity contribution in [3.63, 3.8) is 0 Å². The minimum atomic E-state index is 0.487. The molecule has 0 amide bonds. The van der Waals surface area contributed by atoms with E-state index >= 15 is 0 Å². The van der Waals surface area contributed by atoms with E-state index in [1.807, 2.05) is 0 Å². The van der Waals surface area contributed by atoms with Gasteiger partial charge >= 0.3 is 0 Å². The van der Waals surface area contributed by atoms with Crippen LogP contribution in [0.2, 0.25) is 0 Å². The zero-order valence-corrected chi connectivity index (χ0v) is 12.9. The van der Waals surface area contributed by atoms with Gasteiger partial charge < -0.3 is 5.32 Å². The molecule has 2 aromatic rings. The summed E-state index contributed by atoms with van der Waals surface area (Å²) in [5, 5.41) is 6.15. The molecule has 1 nitrogen and oxygen atoms in total. The summed E-state index contributed by atoms with van der Waals surface area (Å²) in [6.07, 6.45) is 7.99. The van der Waals surface area contributed by atoms with E-state index in [2.05, 4.69) is 61.8 Å². The van der Waals surface area contributed by atoms with Crippen molar-refractivity contribution in [1.82, 2.24) is 5.32 Å². The van der Waals surface area contributed by atoms with Crippen LogP contribution in [0.4, 0.5) is 0 Å². The highest BCUT2D eigenvalue weighted by atomic mass is 14.9. The van der Waals surface area contributed by atoms with Crippen LogP contribution in [0.1, 0.15) is 57.1 Å². The molecule has 0 aliphatic carbocycles. The minimum Gasteiger partial charge on any atom is -0.313 e. The molecule has 0 radical (unpaired) electrons. The first-order valence-electron chi connectivity index (χ1n) is 8.01. The number of unbranched alkanes of at least 4 members (excludes halogenated alkanes) is 4. The highest BCUT2D eigenvalue weighted by molar-refractivity contribution is 5.83. The monoisotopic (exact) mass is 269 g/mol. The van der Waals surface area contributed by atoms with Crippen molar-refractivity contribution < 1.29 is 0 Å². The zero-order valence-electron chi connectivity index (χ0n) is 12.9. The van der Waals surface area contributed by atoms with E-state index in [9.17, 15) is 0 Å². The summed E-state index contributed by atoms with van der Waals surface area (Å²) in [5.74, 6) is 0. The Morgan fingerprint density at radius 2 is 1.65 bits per heavy atom. The van der Waals surface area contributed by atoms with Gasteiger partial charge in [0, 0.05) is 6.04 Å². The van der Waals surface area contributed by atoms with E-state index in [4.69, 9.17) is 0 Å². The van der Waals surface area contributed by atoms with Crippen LogP contribution in [0, 0.1) is 0 Å². The van der Waals surface area contributed by atoms with E-state index in [1.54, 1.807) is 0 Å². The lowest BCUT2D eigenvalue weighted by Crippen LogP contribution is -2.16. The molecule has 0 bridgehead atoms. The highest BCUT2D eigenvalue weighted by Gasteiger charge is 2.09. The van der Waals surface area contributed by atoms with Gasteiger partial charge in [-0.15, -0.1) is 0 Å². The molecule has 0 fully saturated rings. The van der Waals surface area contributed by atoms with Crippen molar-refractivity contribution in [1.29, 1.82) is 0 Å². The van der Waals surface area contributed by atoms with Crippen LogP contribution < -0.4 is 5.32 Å². The van der Waals surface area contributed by atoms with E-state index in [0.29, 0.717) is 6.04 Å². The molecule has 20 heavy (non-hydrogen) atoms. The van der Waals surface area contributed by atoms with Gasteiger partial charge in [0.2, 0.25) is 0 Å². The first-order valence-corrected chi connectivity index (χ1v) is 8.01. The molecule has 0 aliphatic rings. The summed E-state index contributed by atoms with van der Waals surface area (Å²) in [4.78, 5) is 0. The first-order chi connectivity index (χ1) is 9.85. The fourth-order valence-corrected chi connectivity index (χ4v) is 2.85. The Bertz CT molecular complexity index is 518. The van der Waals surface area contributed by atoms with Crippen LogP contribution in [0.5, 0.6) is 0 Å². The molecule has 1 N–H and O–H groups in total. The van der Waals surface area contributed by atoms with Gasteiger partial charge in [0.1, 0.15) is 0 Å². The number of rotatable bonds is 8. The van der Waals surface area contributed by atoms with Crippen LogP contribution in [-0.2, 0) is 0 Å². The number of hydrogen-bond acceptors (Lipinski definition) is 1. The minimum absolute atomic E-state index is 0.487. The highest BCUT2D eigenvalue weighted by Crippen LogP contribution is 2.24. The maximum absolute atomic E-state index is 3.47. The summed E-state index contributed by atoms with van der Waals surface area (Å²) >= 11 is 0. The average Bonchev–Trinajstić information content (AvgIpc) is 2.50. The molecule has 0 aromatic heterocycles. The third-order valence-corrected chi connectivity index (χ3v) is 4.12. The molecular weight excluding hydrogens is 242 g/mol. The molecule has 1 unspecified atom stereocenters. The van der Waals surface area contributed by atoms with Crippen molar-refractivity contribution in [3.05, 3.63) is 48.0 Å². The van der Waals surface area contributed by atoms with Crippen molar-refractivity contribution in [2.45, 2.75) is 51.5 Å². The second-order valence-electron chi connectivity index (χ2n) is 5.65. The number of nitrogens with one attached hydrogen (secondary N) is 1. The van der Waals surface area contributed by atoms with Gasteiger partial charge in [0.15, 0.2) is 0 Å². The van der Waals surface area contributed by atoms with Crippen molar-refractivity contribution in [3.8, 4) is 0 Å². The van der Waals surface area contributed by atoms with Gasteiger partial charge in [-0.2, -0.15) is 0 Å². The molecular formula is C19H27N. The molecule has 108 valence electrons. The van der Waals surface area contributed by atoms with Crippen molar-refractivity contribution >= 4 is 10.8 Å². The fourth-order valence-electron chi connectivity index (χ4n) is 2.85. The maximum atomic E-state index is 3.47. The van der Waals surface area contributed by atoms with E-state index in [1.165, 1.54) is 54.9 Å². The molecule has 0 saturated carbocycles. The molecule has 2 rings (SSSR count). The Balaban J connectivity index is 1.98. The number of benzene rings is 2. The third kappa shape index (κ3) is 4.08. The molecule has 0 aliphatic heterocycles. The van der Waals surface area contributed by atoms with Gasteiger partial charge in [0.25, 0.3) is 0 Å². The topological polar surface area (TPSA) is 12.0 Å². The van der Waals surface area contributed by atoms with Gasteiger partial charge in [-0.3, -0.25) is 0 Å². The molecule has 1 atom stereocenters. The largest absolute Gasteiger partial charge is 0.313 e. The van der Waals surface area contributed by atoms with Crippen molar-refractivity contribution in [2.24, 2.45) is 0 Å². The van der Waals surface area contributed by atoms with Gasteiger partial charge in [0.05, 0.1) is 0 Å². The van der Waals surface area contributed by atoms with Crippen LogP contribution >= 0.6 is 0 Å². The number of hydrogen-bond donors (Lipinski definition) is 1. The van der Waals surface area contributed by atoms with Gasteiger partial charge in [-0.05, 0) is 35.9 Å². The number of fused-ring (bicyclic) bond motifs is 1. The Morgan fingerprint density at radius 3 is 2.40 bits per heavy atom. The molecule has 0 heterocycles. The smallest absolute Gasteiger partial charge is 0.0317 e. The lowest BCUT2D eigenvalue weighted by atomic mass is 9.97. The van der Waals surface area contributed by atoms with Crippen LogP contribution in [0.3, 0.4) is 0 Å². The summed E-state index contributed by atoms with van der Waals surface area (Å²) in [6, 6.07) is 15.9. The SMILES string of the molecule is CCCCCCCC(NC)c1ccc2ccccc2c1. The molecule has 0 saturated heterocycles. The molecule has 1 heteroatoms. The van der Waals surface area contributed by atoms with Crippen LogP contribution in [0.15, 0.2) is 42.5 Å². The Labute approximate surface area is 123 Å². The first kappa shape index (κ1) is 15.1. The normalized spacial score (nSPS) is 12.7. The summed E-state index contributed by atoms with van der Waals surface area (Å²) in [7, 11) is 2.08. The van der Waals surface area contributed by atoms with Gasteiger partial charge in [-0.25, -0.2) is 0 Å². The standard InChI is InChI=1S/C19H27N/c1-3-4-5-6-7-12-19(20-2)18-14-13-16-10-8-9-11-17(16)15-18/h8-11,13-15,19-20H,3-7,12H2,1-2H3. The predicted molar refractivity (Wildman–Crippen MR) is 89.1 cm³/mol. The van der Waals surface area contributed by atoms with E-state index in [0.717, 1.165) is 0 Å². The van der Waals surface area contributed by atoms with Crippen LogP contribution in [0.25, 0.3) is 10.8 Å². The van der Waals surface area contributed by atoms with E-state index < -0.39 is 0 Å². The summed E-state index contributed by atoms with van der Waals surface area (Å²) in [6.45, 7) is 2.27. The summed E-state index contributed by atoms with van der Waals surface area (Å²) in [5.41, 5.74) is 1.42. The predicted octanol–water partition coefficient (Wildman–Crippen LogP) is 5.46. The van der Waals surface area contributed by atoms with Crippen molar-refractivity contribution in [2.75, 3.05) is 7.05 Å². The Morgan fingerprint density at radius 1 is 0.900 bits per heavy atom. The quantitative estimate of drug-likeness (QED) is 0.627. The second kappa shape index (κ2) is 8.06. The Hall–Kier alpha value is -1.34. The lowest BCUT2D eigenvalue weighted by molar-refractivity contribution is 0.501. The van der Waals surface area contributed by atoms with E-state index in [-0.39, 0.29) is 0 Å². The molecule has 0 spiro atoms.